The Labute approximate surface area is 94.4 Å². The second-order valence-corrected chi connectivity index (χ2v) is 4.33. The number of benzene rings is 1. The van der Waals surface area contributed by atoms with Crippen molar-refractivity contribution in [2.24, 2.45) is 0 Å². The molecular formula is C12H15NO3. The zero-order valence-electron chi connectivity index (χ0n) is 9.00. The third-order valence-corrected chi connectivity index (χ3v) is 2.87. The van der Waals surface area contributed by atoms with Crippen molar-refractivity contribution in [1.82, 2.24) is 0 Å². The number of rotatable bonds is 5. The SMILES string of the molecule is Oc1ccc(N(CC2CO2)CC2CO2)cc1. The Bertz CT molecular complexity index is 343. The lowest BCUT2D eigenvalue weighted by Crippen LogP contribution is -2.31. The van der Waals surface area contributed by atoms with Crippen LogP contribution < -0.4 is 4.90 Å². The van der Waals surface area contributed by atoms with Gasteiger partial charge in [-0.15, -0.1) is 0 Å². The molecule has 0 aromatic heterocycles. The van der Waals surface area contributed by atoms with Gasteiger partial charge < -0.3 is 19.5 Å². The Morgan fingerprint density at radius 2 is 1.56 bits per heavy atom. The van der Waals surface area contributed by atoms with Crippen LogP contribution in [0.2, 0.25) is 0 Å². The second-order valence-electron chi connectivity index (χ2n) is 4.33. The molecule has 1 aromatic rings. The number of phenols is 1. The van der Waals surface area contributed by atoms with Crippen molar-refractivity contribution in [3.63, 3.8) is 0 Å². The van der Waals surface area contributed by atoms with Crippen LogP contribution in [0.3, 0.4) is 0 Å². The van der Waals surface area contributed by atoms with Crippen molar-refractivity contribution in [3.05, 3.63) is 24.3 Å². The van der Waals surface area contributed by atoms with E-state index < -0.39 is 0 Å². The number of nitrogens with zero attached hydrogens (tertiary/aromatic N) is 1. The van der Waals surface area contributed by atoms with Crippen LogP contribution in [0.25, 0.3) is 0 Å². The monoisotopic (exact) mass is 221 g/mol. The summed E-state index contributed by atoms with van der Waals surface area (Å²) in [5.74, 6) is 0.300. The van der Waals surface area contributed by atoms with Gasteiger partial charge in [-0.3, -0.25) is 0 Å². The van der Waals surface area contributed by atoms with E-state index in [-0.39, 0.29) is 0 Å². The molecule has 2 unspecified atom stereocenters. The van der Waals surface area contributed by atoms with Crippen LogP contribution in [0.1, 0.15) is 0 Å². The standard InChI is InChI=1S/C12H15NO3/c14-10-3-1-9(2-4-10)13(5-11-7-15-11)6-12-8-16-12/h1-4,11-12,14H,5-8H2. The molecule has 2 aliphatic rings. The molecule has 1 aromatic carbocycles. The highest BCUT2D eigenvalue weighted by Crippen LogP contribution is 2.23. The first-order valence-electron chi connectivity index (χ1n) is 5.58. The molecule has 16 heavy (non-hydrogen) atoms. The molecule has 2 heterocycles. The van der Waals surface area contributed by atoms with Crippen molar-refractivity contribution < 1.29 is 14.6 Å². The van der Waals surface area contributed by atoms with Gasteiger partial charge in [-0.25, -0.2) is 0 Å². The maximum absolute atomic E-state index is 9.26. The predicted octanol–water partition coefficient (Wildman–Crippen LogP) is 0.996. The molecule has 3 rings (SSSR count). The molecule has 4 nitrogen and oxygen atoms in total. The highest BCUT2D eigenvalue weighted by Gasteiger charge is 2.30. The number of hydrogen-bond donors (Lipinski definition) is 1. The first-order chi connectivity index (χ1) is 7.81. The highest BCUT2D eigenvalue weighted by atomic mass is 16.6. The molecular weight excluding hydrogens is 206 g/mol. The third-order valence-electron chi connectivity index (χ3n) is 2.87. The van der Waals surface area contributed by atoms with Gasteiger partial charge in [-0.05, 0) is 24.3 Å². The normalized spacial score (nSPS) is 26.5. The fraction of sp³-hybridized carbons (Fsp3) is 0.500. The van der Waals surface area contributed by atoms with Crippen molar-refractivity contribution in [2.75, 3.05) is 31.2 Å². The van der Waals surface area contributed by atoms with E-state index in [1.165, 1.54) is 0 Å². The van der Waals surface area contributed by atoms with Gasteiger partial charge in [0.1, 0.15) is 5.75 Å². The predicted molar refractivity (Wildman–Crippen MR) is 59.8 cm³/mol. The zero-order valence-corrected chi connectivity index (χ0v) is 9.00. The summed E-state index contributed by atoms with van der Waals surface area (Å²) in [4.78, 5) is 2.26. The second kappa shape index (κ2) is 3.96. The summed E-state index contributed by atoms with van der Waals surface area (Å²) in [7, 11) is 0. The number of epoxide rings is 2. The summed E-state index contributed by atoms with van der Waals surface area (Å²) in [6.07, 6.45) is 0.736. The molecule has 2 saturated heterocycles. The van der Waals surface area contributed by atoms with Crippen LogP contribution in [0.4, 0.5) is 5.69 Å². The van der Waals surface area contributed by atoms with Crippen molar-refractivity contribution >= 4 is 5.69 Å². The van der Waals surface area contributed by atoms with Gasteiger partial charge in [0.05, 0.1) is 25.4 Å². The summed E-state index contributed by atoms with van der Waals surface area (Å²) < 4.78 is 10.5. The highest BCUT2D eigenvalue weighted by molar-refractivity contribution is 5.49. The molecule has 0 bridgehead atoms. The summed E-state index contributed by atoms with van der Waals surface area (Å²) in [6, 6.07) is 7.29. The van der Waals surface area contributed by atoms with Gasteiger partial charge in [-0.2, -0.15) is 0 Å². The lowest BCUT2D eigenvalue weighted by Gasteiger charge is -2.23. The van der Waals surface area contributed by atoms with Crippen LogP contribution >= 0.6 is 0 Å². The van der Waals surface area contributed by atoms with Crippen LogP contribution in [-0.2, 0) is 9.47 Å². The lowest BCUT2D eigenvalue weighted by atomic mass is 10.2. The fourth-order valence-corrected chi connectivity index (χ4v) is 1.79. The summed E-state index contributed by atoms with van der Waals surface area (Å²) in [6.45, 7) is 3.54. The minimum atomic E-state index is 0.300. The van der Waals surface area contributed by atoms with E-state index in [0.717, 1.165) is 32.0 Å². The zero-order chi connectivity index (χ0) is 11.0. The number of anilines is 1. The van der Waals surface area contributed by atoms with Crippen molar-refractivity contribution in [2.45, 2.75) is 12.2 Å². The summed E-state index contributed by atoms with van der Waals surface area (Å²) in [5, 5.41) is 9.26. The number of aromatic hydroxyl groups is 1. The molecule has 2 aliphatic heterocycles. The minimum Gasteiger partial charge on any atom is -0.508 e. The smallest absolute Gasteiger partial charge is 0.115 e. The molecule has 0 spiro atoms. The average molecular weight is 221 g/mol. The Balaban J connectivity index is 1.71. The van der Waals surface area contributed by atoms with Gasteiger partial charge in [0.25, 0.3) is 0 Å². The molecule has 0 aliphatic carbocycles. The Kier molecular flexibility index (Phi) is 2.46. The molecule has 2 atom stereocenters. The van der Waals surface area contributed by atoms with E-state index >= 15 is 0 Å². The largest absolute Gasteiger partial charge is 0.508 e. The molecule has 2 fully saturated rings. The summed E-state index contributed by atoms with van der Waals surface area (Å²) >= 11 is 0. The van der Waals surface area contributed by atoms with Gasteiger partial charge >= 0.3 is 0 Å². The molecule has 4 heteroatoms. The Morgan fingerprint density at radius 3 is 2.00 bits per heavy atom. The Hall–Kier alpha value is -1.26. The number of hydrogen-bond acceptors (Lipinski definition) is 4. The van der Waals surface area contributed by atoms with E-state index in [0.29, 0.717) is 18.0 Å². The van der Waals surface area contributed by atoms with Gasteiger partial charge in [0, 0.05) is 18.8 Å². The van der Waals surface area contributed by atoms with Gasteiger partial charge in [0.2, 0.25) is 0 Å². The first-order valence-corrected chi connectivity index (χ1v) is 5.58. The molecule has 86 valence electrons. The van der Waals surface area contributed by atoms with Gasteiger partial charge in [-0.1, -0.05) is 0 Å². The van der Waals surface area contributed by atoms with Gasteiger partial charge in [0.15, 0.2) is 0 Å². The lowest BCUT2D eigenvalue weighted by molar-refractivity contribution is 0.389. The van der Waals surface area contributed by atoms with Crippen LogP contribution in [0.5, 0.6) is 5.75 Å². The maximum Gasteiger partial charge on any atom is 0.115 e. The maximum atomic E-state index is 9.26. The third kappa shape index (κ3) is 2.46. The van der Waals surface area contributed by atoms with E-state index in [4.69, 9.17) is 9.47 Å². The van der Waals surface area contributed by atoms with E-state index in [1.54, 1.807) is 12.1 Å². The quantitative estimate of drug-likeness (QED) is 0.753. The van der Waals surface area contributed by atoms with Crippen LogP contribution in [0.15, 0.2) is 24.3 Å². The van der Waals surface area contributed by atoms with E-state index in [9.17, 15) is 5.11 Å². The van der Waals surface area contributed by atoms with Crippen LogP contribution in [-0.4, -0.2) is 43.6 Å². The van der Waals surface area contributed by atoms with E-state index in [1.807, 2.05) is 12.1 Å². The number of phenolic OH excluding ortho intramolecular Hbond substituents is 1. The topological polar surface area (TPSA) is 48.5 Å². The van der Waals surface area contributed by atoms with Crippen LogP contribution in [0, 0.1) is 0 Å². The molecule has 1 N–H and O–H groups in total. The first kappa shape index (κ1) is 9.93. The van der Waals surface area contributed by atoms with Crippen molar-refractivity contribution in [3.8, 4) is 5.75 Å². The Morgan fingerprint density at radius 1 is 1.06 bits per heavy atom. The number of ether oxygens (including phenoxy) is 2. The molecule has 0 amide bonds. The summed E-state index contributed by atoms with van der Waals surface area (Å²) in [5.41, 5.74) is 1.11. The van der Waals surface area contributed by atoms with Crippen molar-refractivity contribution in [1.29, 1.82) is 0 Å². The minimum absolute atomic E-state index is 0.300. The average Bonchev–Trinajstić information content (AvgIpc) is 3.12. The molecule has 0 radical (unpaired) electrons. The molecule has 0 saturated carbocycles. The van der Waals surface area contributed by atoms with E-state index in [2.05, 4.69) is 4.90 Å². The fourth-order valence-electron chi connectivity index (χ4n) is 1.79.